The predicted octanol–water partition coefficient (Wildman–Crippen LogP) is 5.33. The average molecular weight is 441 g/mol. The number of aromatic nitrogens is 3. The van der Waals surface area contributed by atoms with Gasteiger partial charge in [0.1, 0.15) is 17.9 Å². The Morgan fingerprint density at radius 2 is 1.91 bits per heavy atom. The smallest absolute Gasteiger partial charge is 0.163 e. The Morgan fingerprint density at radius 3 is 2.72 bits per heavy atom. The first-order valence-corrected chi connectivity index (χ1v) is 11.2. The number of carbonyl (C=O) groups is 1. The molecule has 0 aliphatic carbocycles. The van der Waals surface area contributed by atoms with E-state index in [-0.39, 0.29) is 0 Å². The number of aldehydes is 1. The highest BCUT2D eigenvalue weighted by molar-refractivity contribution is 8.03. The lowest BCUT2D eigenvalue weighted by Gasteiger charge is -2.13. The summed E-state index contributed by atoms with van der Waals surface area (Å²) in [5, 5.41) is 5.14. The van der Waals surface area contributed by atoms with E-state index in [1.807, 2.05) is 48.5 Å². The van der Waals surface area contributed by atoms with Gasteiger partial charge < -0.3 is 10.1 Å². The molecule has 1 aliphatic heterocycles. The first-order valence-electron chi connectivity index (χ1n) is 10.2. The van der Waals surface area contributed by atoms with Crippen molar-refractivity contribution in [3.63, 3.8) is 0 Å². The van der Waals surface area contributed by atoms with Gasteiger partial charge in [0.05, 0.1) is 17.7 Å². The number of ether oxygens (including phenoxy) is 1. The van der Waals surface area contributed by atoms with Crippen molar-refractivity contribution in [2.24, 2.45) is 0 Å². The van der Waals surface area contributed by atoms with Crippen LogP contribution < -0.4 is 10.1 Å². The number of nitrogens with zero attached hydrogens (tertiary/aromatic N) is 3. The molecular formula is C25H20N4O2S. The number of rotatable bonds is 6. The molecule has 5 rings (SSSR count). The van der Waals surface area contributed by atoms with Crippen LogP contribution in [0.1, 0.15) is 6.42 Å². The van der Waals surface area contributed by atoms with Gasteiger partial charge in [0.15, 0.2) is 5.82 Å². The number of carbonyl (C=O) groups excluding carboxylic acids is 1. The van der Waals surface area contributed by atoms with Gasteiger partial charge in [-0.25, -0.2) is 9.97 Å². The van der Waals surface area contributed by atoms with E-state index in [0.717, 1.165) is 62.4 Å². The number of thioether (sulfide) groups is 1. The lowest BCUT2D eigenvalue weighted by Crippen LogP contribution is -2.03. The number of nitrogens with one attached hydrogen (secondary N) is 1. The molecular weight excluding hydrogens is 420 g/mol. The number of hydrogen-bond donors (Lipinski definition) is 1. The Morgan fingerprint density at radius 1 is 1.03 bits per heavy atom. The molecule has 3 heterocycles. The van der Waals surface area contributed by atoms with E-state index in [0.29, 0.717) is 11.6 Å². The Labute approximate surface area is 189 Å². The van der Waals surface area contributed by atoms with Gasteiger partial charge in [0.25, 0.3) is 0 Å². The fraction of sp³-hybridized carbons (Fsp3) is 0.120. The highest BCUT2D eigenvalue weighted by Crippen LogP contribution is 2.35. The molecule has 0 saturated heterocycles. The molecule has 0 fully saturated rings. The van der Waals surface area contributed by atoms with Crippen LogP contribution >= 0.6 is 11.8 Å². The van der Waals surface area contributed by atoms with Gasteiger partial charge >= 0.3 is 0 Å². The van der Waals surface area contributed by atoms with E-state index in [2.05, 4.69) is 16.4 Å². The third kappa shape index (κ3) is 3.94. The topological polar surface area (TPSA) is 77.0 Å². The second-order valence-corrected chi connectivity index (χ2v) is 8.40. The second-order valence-electron chi connectivity index (χ2n) is 7.30. The molecule has 2 aromatic carbocycles. The third-order valence-corrected chi connectivity index (χ3v) is 6.36. The molecule has 0 atom stereocenters. The van der Waals surface area contributed by atoms with E-state index >= 15 is 0 Å². The van der Waals surface area contributed by atoms with Crippen LogP contribution in [0.5, 0.6) is 5.75 Å². The molecule has 0 amide bonds. The molecule has 0 unspecified atom stereocenters. The fourth-order valence-electron chi connectivity index (χ4n) is 3.64. The summed E-state index contributed by atoms with van der Waals surface area (Å²) in [6.07, 6.45) is 5.15. The number of anilines is 1. The van der Waals surface area contributed by atoms with E-state index < -0.39 is 0 Å². The summed E-state index contributed by atoms with van der Waals surface area (Å²) in [7, 11) is 1.66. The van der Waals surface area contributed by atoms with E-state index in [9.17, 15) is 4.79 Å². The minimum absolute atomic E-state index is 0.582. The summed E-state index contributed by atoms with van der Waals surface area (Å²) in [4.78, 5) is 25.3. The van der Waals surface area contributed by atoms with Crippen LogP contribution in [-0.2, 0) is 4.79 Å². The Balaban J connectivity index is 1.67. The Bertz CT molecular complexity index is 1340. The summed E-state index contributed by atoms with van der Waals surface area (Å²) in [6, 6.07) is 17.8. The summed E-state index contributed by atoms with van der Waals surface area (Å²) in [6.45, 7) is 0. The predicted molar refractivity (Wildman–Crippen MR) is 129 cm³/mol. The standard InChI is InChI=1S/C25H20N4O2S/c1-31-20-6-2-4-16(12-20)17-7-8-22-21(13-17)24(29-25-19(15-30)9-11-32-25)28-23(27-22)18-5-3-10-26-14-18/h2-8,10,12-15H,9,11H2,1H3,(H,27,28,29). The first kappa shape index (κ1) is 20.2. The zero-order chi connectivity index (χ0) is 21.9. The highest BCUT2D eigenvalue weighted by atomic mass is 32.2. The van der Waals surface area contributed by atoms with Crippen molar-refractivity contribution in [3.8, 4) is 28.3 Å². The van der Waals surface area contributed by atoms with Crippen molar-refractivity contribution < 1.29 is 9.53 Å². The second kappa shape index (κ2) is 8.80. The molecule has 0 spiro atoms. The monoisotopic (exact) mass is 440 g/mol. The third-order valence-electron chi connectivity index (χ3n) is 5.30. The number of hydrogen-bond acceptors (Lipinski definition) is 7. The van der Waals surface area contributed by atoms with E-state index in [1.165, 1.54) is 0 Å². The lowest BCUT2D eigenvalue weighted by molar-refractivity contribution is -0.105. The molecule has 32 heavy (non-hydrogen) atoms. The van der Waals surface area contributed by atoms with Gasteiger partial charge in [0.2, 0.25) is 0 Å². The summed E-state index contributed by atoms with van der Waals surface area (Å²) >= 11 is 1.63. The molecule has 158 valence electrons. The van der Waals surface area contributed by atoms with Crippen LogP contribution in [0.2, 0.25) is 0 Å². The molecule has 2 aromatic heterocycles. The highest BCUT2D eigenvalue weighted by Gasteiger charge is 2.18. The number of allylic oxidation sites excluding steroid dienone is 1. The minimum atomic E-state index is 0.582. The maximum atomic E-state index is 11.5. The van der Waals surface area contributed by atoms with Crippen LogP contribution in [0, 0.1) is 0 Å². The molecule has 4 aromatic rings. The van der Waals surface area contributed by atoms with Crippen molar-refractivity contribution in [1.82, 2.24) is 15.0 Å². The number of fused-ring (bicyclic) bond motifs is 1. The van der Waals surface area contributed by atoms with Crippen molar-refractivity contribution >= 4 is 34.8 Å². The molecule has 0 saturated carbocycles. The van der Waals surface area contributed by atoms with Crippen molar-refractivity contribution in [2.45, 2.75) is 6.42 Å². The molecule has 1 N–H and O–H groups in total. The van der Waals surface area contributed by atoms with Crippen LogP contribution in [0.25, 0.3) is 33.4 Å². The molecule has 6 nitrogen and oxygen atoms in total. The summed E-state index contributed by atoms with van der Waals surface area (Å²) in [5.74, 6) is 2.93. The fourth-order valence-corrected chi connectivity index (χ4v) is 4.67. The maximum absolute atomic E-state index is 11.5. The SMILES string of the molecule is COc1cccc(-c2ccc3nc(-c4cccnc4)nc(NC4=C(C=O)CCS4)c3c2)c1. The normalized spacial score (nSPS) is 13.4. The van der Waals surface area contributed by atoms with Crippen LogP contribution in [0.4, 0.5) is 5.82 Å². The van der Waals surface area contributed by atoms with Gasteiger partial charge in [-0.1, -0.05) is 18.2 Å². The largest absolute Gasteiger partial charge is 0.497 e. The van der Waals surface area contributed by atoms with Gasteiger partial charge in [-0.2, -0.15) is 0 Å². The van der Waals surface area contributed by atoms with Gasteiger partial charge in [-0.3, -0.25) is 9.78 Å². The first-order chi connectivity index (χ1) is 15.7. The maximum Gasteiger partial charge on any atom is 0.163 e. The van der Waals surface area contributed by atoms with E-state index in [1.54, 1.807) is 31.3 Å². The van der Waals surface area contributed by atoms with E-state index in [4.69, 9.17) is 14.7 Å². The Hall–Kier alpha value is -3.71. The van der Waals surface area contributed by atoms with Crippen LogP contribution in [0.3, 0.4) is 0 Å². The minimum Gasteiger partial charge on any atom is -0.497 e. The summed E-state index contributed by atoms with van der Waals surface area (Å²) < 4.78 is 5.38. The zero-order valence-electron chi connectivity index (χ0n) is 17.4. The van der Waals surface area contributed by atoms with Crippen molar-refractivity contribution in [3.05, 3.63) is 77.6 Å². The molecule has 7 heteroatoms. The lowest BCUT2D eigenvalue weighted by atomic mass is 10.0. The molecule has 0 bridgehead atoms. The number of benzene rings is 2. The van der Waals surface area contributed by atoms with Gasteiger partial charge in [0, 0.05) is 34.7 Å². The molecule has 1 aliphatic rings. The van der Waals surface area contributed by atoms with Crippen LogP contribution in [0.15, 0.2) is 77.6 Å². The Kier molecular flexibility index (Phi) is 5.56. The van der Waals surface area contributed by atoms with Gasteiger partial charge in [-0.05, 0) is 53.9 Å². The average Bonchev–Trinajstić information content (AvgIpc) is 3.31. The quantitative estimate of drug-likeness (QED) is 0.406. The molecule has 0 radical (unpaired) electrons. The van der Waals surface area contributed by atoms with Crippen LogP contribution in [-0.4, -0.2) is 34.1 Å². The summed E-state index contributed by atoms with van der Waals surface area (Å²) in [5.41, 5.74) is 4.48. The van der Waals surface area contributed by atoms with Crippen molar-refractivity contribution in [2.75, 3.05) is 18.2 Å². The van der Waals surface area contributed by atoms with Gasteiger partial charge in [-0.15, -0.1) is 11.8 Å². The van der Waals surface area contributed by atoms with Crippen molar-refractivity contribution in [1.29, 1.82) is 0 Å². The zero-order valence-corrected chi connectivity index (χ0v) is 18.2. The number of methoxy groups -OCH3 is 1. The number of pyridine rings is 1.